The zero-order chi connectivity index (χ0) is 19.2. The summed E-state index contributed by atoms with van der Waals surface area (Å²) >= 11 is 1.81. The topological polar surface area (TPSA) is 77.0 Å². The molecule has 0 aromatic rings. The van der Waals surface area contributed by atoms with Crippen LogP contribution in [0.3, 0.4) is 0 Å². The third-order valence-electron chi connectivity index (χ3n) is 5.02. The molecule has 0 spiro atoms. The molecule has 2 saturated heterocycles. The minimum Gasteiger partial charge on any atom is -0.357 e. The molecule has 2 rings (SSSR count). The van der Waals surface area contributed by atoms with Gasteiger partial charge >= 0.3 is 0 Å². The highest BCUT2D eigenvalue weighted by Gasteiger charge is 2.31. The molecule has 7 nitrogen and oxygen atoms in total. The largest absolute Gasteiger partial charge is 0.357 e. The number of sulfonamides is 1. The van der Waals surface area contributed by atoms with Crippen molar-refractivity contribution in [2.45, 2.75) is 39.8 Å². The van der Waals surface area contributed by atoms with Crippen LogP contribution in [-0.2, 0) is 10.0 Å². The molecule has 2 atom stereocenters. The normalized spacial score (nSPS) is 26.4. The molecule has 0 bridgehead atoms. The zero-order valence-corrected chi connectivity index (χ0v) is 18.2. The maximum absolute atomic E-state index is 12.4. The number of hydrogen-bond donors (Lipinski definition) is 2. The summed E-state index contributed by atoms with van der Waals surface area (Å²) in [4.78, 5) is 6.99. The van der Waals surface area contributed by atoms with Crippen LogP contribution in [0.4, 0.5) is 0 Å². The minimum atomic E-state index is -3.20. The van der Waals surface area contributed by atoms with E-state index >= 15 is 0 Å². The molecule has 0 aromatic carbocycles. The van der Waals surface area contributed by atoms with Gasteiger partial charge in [0.25, 0.3) is 0 Å². The predicted octanol–water partition coefficient (Wildman–Crippen LogP) is 0.649. The smallest absolute Gasteiger partial charge is 0.215 e. The van der Waals surface area contributed by atoms with Gasteiger partial charge < -0.3 is 10.6 Å². The van der Waals surface area contributed by atoms with Gasteiger partial charge in [0.05, 0.1) is 12.3 Å². The van der Waals surface area contributed by atoms with Crippen LogP contribution in [0.15, 0.2) is 4.99 Å². The maximum Gasteiger partial charge on any atom is 0.215 e. The van der Waals surface area contributed by atoms with Crippen LogP contribution in [0.1, 0.15) is 27.7 Å². The van der Waals surface area contributed by atoms with E-state index in [4.69, 9.17) is 0 Å². The number of likely N-dealkylation sites (tertiary alicyclic amines) is 1. The molecule has 152 valence electrons. The number of nitrogens with zero attached hydrogens (tertiary/aromatic N) is 3. The maximum atomic E-state index is 12.4. The minimum absolute atomic E-state index is 0.0760. The molecule has 0 saturated carbocycles. The summed E-state index contributed by atoms with van der Waals surface area (Å²) in [6, 6.07) is 0.877. The molecule has 9 heteroatoms. The summed E-state index contributed by atoms with van der Waals surface area (Å²) in [6.45, 7) is 13.1. The van der Waals surface area contributed by atoms with Crippen LogP contribution in [-0.4, -0.2) is 92.2 Å². The molecular weight excluding hydrogens is 370 g/mol. The molecule has 26 heavy (non-hydrogen) atoms. The third kappa shape index (κ3) is 6.28. The quantitative estimate of drug-likeness (QED) is 0.478. The zero-order valence-electron chi connectivity index (χ0n) is 16.6. The Bertz CT molecular complexity index is 562. The SMILES string of the molecule is CCNC(=NCCS(=O)(=O)N1CCSCC1)NC1CN(C(C)C)CC1C. The Hall–Kier alpha value is -0.510. The lowest BCUT2D eigenvalue weighted by molar-refractivity contribution is 0.265. The number of nitrogens with one attached hydrogen (secondary N) is 2. The highest BCUT2D eigenvalue weighted by atomic mass is 32.2. The Morgan fingerprint density at radius 3 is 2.54 bits per heavy atom. The van der Waals surface area contributed by atoms with Gasteiger partial charge in [-0.3, -0.25) is 9.89 Å². The van der Waals surface area contributed by atoms with Gasteiger partial charge in [-0.2, -0.15) is 11.8 Å². The van der Waals surface area contributed by atoms with Crippen LogP contribution in [0.5, 0.6) is 0 Å². The lowest BCUT2D eigenvalue weighted by Gasteiger charge is -2.25. The van der Waals surface area contributed by atoms with Crippen molar-refractivity contribution in [3.63, 3.8) is 0 Å². The molecule has 2 aliphatic heterocycles. The van der Waals surface area contributed by atoms with Crippen molar-refractivity contribution in [2.24, 2.45) is 10.9 Å². The standard InChI is InChI=1S/C17H35N5O2S2/c1-5-18-17(20-16-13-21(14(2)3)12-15(16)4)19-6-11-26(23,24)22-7-9-25-10-8-22/h14-16H,5-13H2,1-4H3,(H2,18,19,20). The summed E-state index contributed by atoms with van der Waals surface area (Å²) in [7, 11) is -3.20. The van der Waals surface area contributed by atoms with Gasteiger partial charge in [0.15, 0.2) is 5.96 Å². The first kappa shape index (κ1) is 21.8. The first-order valence-corrected chi connectivity index (χ1v) is 12.4. The van der Waals surface area contributed by atoms with E-state index in [1.807, 2.05) is 18.7 Å². The van der Waals surface area contributed by atoms with Crippen molar-refractivity contribution in [3.8, 4) is 0 Å². The van der Waals surface area contributed by atoms with Crippen molar-refractivity contribution in [1.82, 2.24) is 19.8 Å². The van der Waals surface area contributed by atoms with Crippen LogP contribution >= 0.6 is 11.8 Å². The Morgan fingerprint density at radius 2 is 1.96 bits per heavy atom. The molecule has 0 aliphatic carbocycles. The van der Waals surface area contributed by atoms with Gasteiger partial charge in [-0.05, 0) is 26.7 Å². The summed E-state index contributed by atoms with van der Waals surface area (Å²) < 4.78 is 26.5. The van der Waals surface area contributed by atoms with Crippen LogP contribution in [0, 0.1) is 5.92 Å². The average molecular weight is 406 g/mol. The first-order chi connectivity index (χ1) is 12.3. The Labute approximate surface area is 163 Å². The molecule has 2 unspecified atom stereocenters. The van der Waals surface area contributed by atoms with Gasteiger partial charge in [-0.25, -0.2) is 12.7 Å². The van der Waals surface area contributed by atoms with E-state index < -0.39 is 10.0 Å². The second-order valence-electron chi connectivity index (χ2n) is 7.36. The van der Waals surface area contributed by atoms with E-state index in [9.17, 15) is 8.42 Å². The highest BCUT2D eigenvalue weighted by Crippen LogP contribution is 2.18. The third-order valence-corrected chi connectivity index (χ3v) is 7.81. The van der Waals surface area contributed by atoms with Crippen LogP contribution in [0.2, 0.25) is 0 Å². The first-order valence-electron chi connectivity index (χ1n) is 9.68. The predicted molar refractivity (Wildman–Crippen MR) is 111 cm³/mol. The van der Waals surface area contributed by atoms with Gasteiger partial charge in [0.2, 0.25) is 10.0 Å². The highest BCUT2D eigenvalue weighted by molar-refractivity contribution is 7.99. The van der Waals surface area contributed by atoms with Crippen molar-refractivity contribution < 1.29 is 8.42 Å². The van der Waals surface area contributed by atoms with Gasteiger partial charge in [0.1, 0.15) is 0 Å². The molecule has 2 aliphatic rings. The van der Waals surface area contributed by atoms with Gasteiger partial charge in [-0.1, -0.05) is 6.92 Å². The number of rotatable bonds is 7. The Balaban J connectivity index is 1.90. The van der Waals surface area contributed by atoms with Crippen LogP contribution in [0.25, 0.3) is 0 Å². The summed E-state index contributed by atoms with van der Waals surface area (Å²) in [5.41, 5.74) is 0. The molecule has 2 fully saturated rings. The van der Waals surface area contributed by atoms with Crippen molar-refractivity contribution in [1.29, 1.82) is 0 Å². The van der Waals surface area contributed by atoms with Gasteiger partial charge in [0, 0.05) is 56.3 Å². The number of aliphatic imine (C=N–C) groups is 1. The molecule has 0 amide bonds. The van der Waals surface area contributed by atoms with E-state index in [2.05, 4.69) is 41.3 Å². The van der Waals surface area contributed by atoms with Crippen molar-refractivity contribution >= 4 is 27.7 Å². The van der Waals surface area contributed by atoms with E-state index in [1.54, 1.807) is 4.31 Å². The van der Waals surface area contributed by atoms with E-state index in [-0.39, 0.29) is 12.3 Å². The summed E-state index contributed by atoms with van der Waals surface area (Å²) in [5, 5.41) is 6.75. The lowest BCUT2D eigenvalue weighted by atomic mass is 10.1. The van der Waals surface area contributed by atoms with Crippen molar-refractivity contribution in [3.05, 3.63) is 0 Å². The van der Waals surface area contributed by atoms with E-state index in [1.165, 1.54) is 0 Å². The Morgan fingerprint density at radius 1 is 1.27 bits per heavy atom. The van der Waals surface area contributed by atoms with Gasteiger partial charge in [-0.15, -0.1) is 0 Å². The monoisotopic (exact) mass is 405 g/mol. The molecule has 0 aromatic heterocycles. The fourth-order valence-electron chi connectivity index (χ4n) is 3.34. The lowest BCUT2D eigenvalue weighted by Crippen LogP contribution is -2.47. The second kappa shape index (κ2) is 10.1. The molecule has 2 heterocycles. The van der Waals surface area contributed by atoms with E-state index in [0.717, 1.165) is 37.1 Å². The van der Waals surface area contributed by atoms with Crippen molar-refractivity contribution in [2.75, 3.05) is 56.5 Å². The second-order valence-corrected chi connectivity index (χ2v) is 10.7. The molecular formula is C17H35N5O2S2. The number of thioether (sulfide) groups is 1. The fourth-order valence-corrected chi connectivity index (χ4v) is 5.79. The Kier molecular flexibility index (Phi) is 8.50. The average Bonchev–Trinajstić information content (AvgIpc) is 2.97. The summed E-state index contributed by atoms with van der Waals surface area (Å²) in [5.74, 6) is 3.11. The number of guanidine groups is 1. The molecule has 2 N–H and O–H groups in total. The summed E-state index contributed by atoms with van der Waals surface area (Å²) in [6.07, 6.45) is 0. The molecule has 0 radical (unpaired) electrons. The fraction of sp³-hybridized carbons (Fsp3) is 0.941. The van der Waals surface area contributed by atoms with E-state index in [0.29, 0.717) is 31.1 Å². The van der Waals surface area contributed by atoms with Crippen LogP contribution < -0.4 is 10.6 Å². The number of hydrogen-bond acceptors (Lipinski definition) is 5.